The number of nitrogens with zero attached hydrogens (tertiary/aromatic N) is 1. The van der Waals surface area contributed by atoms with E-state index in [-0.39, 0.29) is 5.02 Å². The van der Waals surface area contributed by atoms with Crippen LogP contribution in [-0.2, 0) is 0 Å². The van der Waals surface area contributed by atoms with E-state index in [0.29, 0.717) is 17.0 Å². The van der Waals surface area contributed by atoms with Gasteiger partial charge in [-0.05, 0) is 25.1 Å². The number of aromatic nitrogens is 1. The van der Waals surface area contributed by atoms with Gasteiger partial charge in [-0.25, -0.2) is 4.39 Å². The van der Waals surface area contributed by atoms with Gasteiger partial charge in [0.05, 0.1) is 5.02 Å². The second-order valence-corrected chi connectivity index (χ2v) is 3.82. The topological polar surface area (TPSA) is 46.3 Å². The molecular formula is C11H9ClFNO2. The third-order valence-electron chi connectivity index (χ3n) is 2.15. The second-order valence-electron chi connectivity index (χ2n) is 3.41. The lowest BCUT2D eigenvalue weighted by Crippen LogP contribution is -1.85. The van der Waals surface area contributed by atoms with Crippen LogP contribution >= 0.6 is 11.6 Å². The van der Waals surface area contributed by atoms with Gasteiger partial charge in [0.15, 0.2) is 5.76 Å². The maximum absolute atomic E-state index is 12.8. The summed E-state index contributed by atoms with van der Waals surface area (Å²) in [6, 6.07) is 5.58. The molecular weight excluding hydrogens is 233 g/mol. The van der Waals surface area contributed by atoms with Crippen LogP contribution in [0.15, 0.2) is 28.8 Å². The van der Waals surface area contributed by atoms with Crippen molar-refractivity contribution in [3.63, 3.8) is 0 Å². The third-order valence-corrected chi connectivity index (χ3v) is 2.46. The van der Waals surface area contributed by atoms with Gasteiger partial charge < -0.3 is 9.63 Å². The van der Waals surface area contributed by atoms with Crippen LogP contribution in [0.5, 0.6) is 0 Å². The summed E-state index contributed by atoms with van der Waals surface area (Å²) < 4.78 is 17.7. The molecule has 0 aliphatic heterocycles. The van der Waals surface area contributed by atoms with Gasteiger partial charge in [0.25, 0.3) is 0 Å². The molecule has 0 fully saturated rings. The molecule has 3 nitrogen and oxygen atoms in total. The summed E-state index contributed by atoms with van der Waals surface area (Å²) >= 11 is 5.87. The Kier molecular flexibility index (Phi) is 2.94. The molecule has 16 heavy (non-hydrogen) atoms. The summed E-state index contributed by atoms with van der Waals surface area (Å²) in [4.78, 5) is 0. The first-order valence-electron chi connectivity index (χ1n) is 4.68. The average molecular weight is 242 g/mol. The number of benzene rings is 1. The van der Waals surface area contributed by atoms with E-state index in [4.69, 9.17) is 16.1 Å². The Bertz CT molecular complexity index is 510. The zero-order valence-corrected chi connectivity index (χ0v) is 9.20. The van der Waals surface area contributed by atoms with Crippen molar-refractivity contribution in [1.29, 1.82) is 0 Å². The van der Waals surface area contributed by atoms with Gasteiger partial charge in [0, 0.05) is 11.6 Å². The van der Waals surface area contributed by atoms with Gasteiger partial charge in [-0.3, -0.25) is 0 Å². The predicted octanol–water partition coefficient (Wildman–Crippen LogP) is 3.19. The monoisotopic (exact) mass is 241 g/mol. The third kappa shape index (κ3) is 2.08. The van der Waals surface area contributed by atoms with E-state index in [0.717, 1.165) is 0 Å². The fraction of sp³-hybridized carbons (Fsp3) is 0.182. The molecule has 0 saturated heterocycles. The first-order valence-corrected chi connectivity index (χ1v) is 5.06. The van der Waals surface area contributed by atoms with Gasteiger partial charge in [0.2, 0.25) is 0 Å². The van der Waals surface area contributed by atoms with Gasteiger partial charge in [-0.2, -0.15) is 0 Å². The SMILES string of the molecule is CC(O)c1cc(-c2ccc(F)cc2Cl)no1. The summed E-state index contributed by atoms with van der Waals surface area (Å²) in [6.45, 7) is 1.57. The van der Waals surface area contributed by atoms with E-state index >= 15 is 0 Å². The summed E-state index contributed by atoms with van der Waals surface area (Å²) in [5, 5.41) is 13.3. The normalized spacial score (nSPS) is 12.8. The molecule has 0 spiro atoms. The lowest BCUT2D eigenvalue weighted by atomic mass is 10.1. The molecule has 0 aliphatic rings. The lowest BCUT2D eigenvalue weighted by Gasteiger charge is -1.98. The molecule has 1 N–H and O–H groups in total. The van der Waals surface area contributed by atoms with E-state index in [1.165, 1.54) is 18.2 Å². The standard InChI is InChI=1S/C11H9ClFNO2/c1-6(15)11-5-10(14-16-11)8-3-2-7(13)4-9(8)12/h2-6,15H,1H3. The molecule has 84 valence electrons. The van der Waals surface area contributed by atoms with E-state index in [9.17, 15) is 9.50 Å². The van der Waals surface area contributed by atoms with Crippen LogP contribution in [0.1, 0.15) is 18.8 Å². The van der Waals surface area contributed by atoms with Crippen LogP contribution in [0.3, 0.4) is 0 Å². The Balaban J connectivity index is 2.42. The Labute approximate surface area is 96.4 Å². The highest BCUT2D eigenvalue weighted by Gasteiger charge is 2.13. The van der Waals surface area contributed by atoms with Crippen molar-refractivity contribution in [2.75, 3.05) is 0 Å². The molecule has 2 rings (SSSR count). The number of aliphatic hydroxyl groups excluding tert-OH is 1. The number of hydrogen-bond donors (Lipinski definition) is 1. The molecule has 5 heteroatoms. The minimum absolute atomic E-state index is 0.255. The summed E-state index contributed by atoms with van der Waals surface area (Å²) in [6.07, 6.45) is -0.736. The second kappa shape index (κ2) is 4.23. The van der Waals surface area contributed by atoms with Crippen LogP contribution in [0.2, 0.25) is 5.02 Å². The van der Waals surface area contributed by atoms with Gasteiger partial charge in [0.1, 0.15) is 17.6 Å². The highest BCUT2D eigenvalue weighted by molar-refractivity contribution is 6.33. The van der Waals surface area contributed by atoms with Crippen molar-refractivity contribution in [2.45, 2.75) is 13.0 Å². The largest absolute Gasteiger partial charge is 0.385 e. The zero-order valence-electron chi connectivity index (χ0n) is 8.45. The van der Waals surface area contributed by atoms with Crippen molar-refractivity contribution in [2.24, 2.45) is 0 Å². The number of aliphatic hydroxyl groups is 1. The van der Waals surface area contributed by atoms with Crippen molar-refractivity contribution in [1.82, 2.24) is 5.16 Å². The van der Waals surface area contributed by atoms with E-state index < -0.39 is 11.9 Å². The molecule has 1 atom stereocenters. The fourth-order valence-electron chi connectivity index (χ4n) is 1.31. The molecule has 0 aliphatic carbocycles. The molecule has 2 aromatic rings. The first kappa shape index (κ1) is 11.1. The minimum Gasteiger partial charge on any atom is -0.385 e. The average Bonchev–Trinajstić information content (AvgIpc) is 2.66. The molecule has 1 heterocycles. The highest BCUT2D eigenvalue weighted by Crippen LogP contribution is 2.29. The predicted molar refractivity (Wildman–Crippen MR) is 57.5 cm³/mol. The van der Waals surface area contributed by atoms with Crippen molar-refractivity contribution < 1.29 is 14.0 Å². The van der Waals surface area contributed by atoms with Crippen molar-refractivity contribution in [3.05, 3.63) is 40.9 Å². The first-order chi connectivity index (χ1) is 7.58. The fourth-order valence-corrected chi connectivity index (χ4v) is 1.57. The molecule has 0 radical (unpaired) electrons. The number of rotatable bonds is 2. The zero-order chi connectivity index (χ0) is 11.7. The molecule has 1 aromatic heterocycles. The highest BCUT2D eigenvalue weighted by atomic mass is 35.5. The van der Waals surface area contributed by atoms with E-state index in [1.807, 2.05) is 0 Å². The van der Waals surface area contributed by atoms with Gasteiger partial charge in [-0.15, -0.1) is 0 Å². The summed E-state index contributed by atoms with van der Waals surface area (Å²) in [5.41, 5.74) is 1.04. The smallest absolute Gasteiger partial charge is 0.165 e. The molecule has 1 unspecified atom stereocenters. The molecule has 1 aromatic carbocycles. The van der Waals surface area contributed by atoms with E-state index in [1.54, 1.807) is 13.0 Å². The number of hydrogen-bond acceptors (Lipinski definition) is 3. The Morgan fingerprint density at radius 1 is 1.44 bits per heavy atom. The van der Waals surface area contributed by atoms with Crippen LogP contribution in [-0.4, -0.2) is 10.3 Å². The van der Waals surface area contributed by atoms with Crippen LogP contribution in [0.4, 0.5) is 4.39 Å². The van der Waals surface area contributed by atoms with Crippen LogP contribution in [0, 0.1) is 5.82 Å². The van der Waals surface area contributed by atoms with E-state index in [2.05, 4.69) is 5.16 Å². The van der Waals surface area contributed by atoms with Crippen LogP contribution < -0.4 is 0 Å². The lowest BCUT2D eigenvalue weighted by molar-refractivity contribution is 0.158. The Hall–Kier alpha value is -1.39. The van der Waals surface area contributed by atoms with Crippen molar-refractivity contribution in [3.8, 4) is 11.3 Å². The summed E-state index contributed by atoms with van der Waals surface area (Å²) in [7, 11) is 0. The summed E-state index contributed by atoms with van der Waals surface area (Å²) in [5.74, 6) is -0.0663. The number of halogens is 2. The Morgan fingerprint density at radius 3 is 2.75 bits per heavy atom. The molecule has 0 saturated carbocycles. The maximum atomic E-state index is 12.8. The van der Waals surface area contributed by atoms with Crippen LogP contribution in [0.25, 0.3) is 11.3 Å². The van der Waals surface area contributed by atoms with Crippen molar-refractivity contribution >= 4 is 11.6 Å². The quantitative estimate of drug-likeness (QED) is 0.878. The van der Waals surface area contributed by atoms with Gasteiger partial charge >= 0.3 is 0 Å². The van der Waals surface area contributed by atoms with Gasteiger partial charge in [-0.1, -0.05) is 16.8 Å². The Morgan fingerprint density at radius 2 is 2.19 bits per heavy atom. The minimum atomic E-state index is -0.736. The molecule has 0 bridgehead atoms. The molecule has 0 amide bonds. The maximum Gasteiger partial charge on any atom is 0.165 e.